The fourth-order valence-corrected chi connectivity index (χ4v) is 9.42. The largest absolute Gasteiger partial charge is 0.355 e. The molecule has 0 atom stereocenters. The van der Waals surface area contributed by atoms with E-state index in [1.54, 1.807) is 0 Å². The van der Waals surface area contributed by atoms with Gasteiger partial charge in [-0.1, -0.05) is 287 Å². The summed E-state index contributed by atoms with van der Waals surface area (Å²) in [4.78, 5) is 0. The van der Waals surface area contributed by atoms with Crippen LogP contribution in [0.2, 0.25) is 0 Å². The van der Waals surface area contributed by atoms with Crippen molar-refractivity contribution < 1.29 is 0 Å². The van der Waals surface area contributed by atoms with Gasteiger partial charge in [0, 0.05) is 22.5 Å². The van der Waals surface area contributed by atoms with Gasteiger partial charge >= 0.3 is 0 Å². The number of anilines is 2. The Labute approximate surface area is 366 Å². The predicted octanol–water partition coefficient (Wildman–Crippen LogP) is 17.2. The van der Waals surface area contributed by atoms with E-state index in [0.717, 1.165) is 44.8 Å². The number of benzene rings is 2. The maximum atomic E-state index is 3.70. The van der Waals surface area contributed by atoms with Crippen molar-refractivity contribution in [1.82, 2.24) is 0 Å². The summed E-state index contributed by atoms with van der Waals surface area (Å²) in [7, 11) is 0. The highest BCUT2D eigenvalue weighted by atomic mass is 80.0. The topological polar surface area (TPSA) is 12.0 Å². The van der Waals surface area contributed by atoms with E-state index in [1.807, 2.05) is 24.3 Å². The SMILES string of the molecule is BrC(Br)(Br)c1cc(Nc2cc(C(Br)(Br)Br)c(C(Br)(Br)Br)c(C(Br)(Br)Br)c2)cc(C(Br)(Br)Br)c1C(Br)(Br)Br. The van der Waals surface area contributed by atoms with Crippen molar-refractivity contribution in [3.8, 4) is 0 Å². The summed E-state index contributed by atoms with van der Waals surface area (Å²) >= 11 is 66.6. The third kappa shape index (κ3) is 11.5. The lowest BCUT2D eigenvalue weighted by Crippen LogP contribution is -2.18. The standard InChI is InChI=1S/C18H5Br18N/c19-13(20,21)7-1-5(2-8(14(22,23)24)11(7)17(31,32)33)37-6-3-9(15(25,26)27)12(18(34,35)36)10(4-6)16(28,29)30/h1-4,37H. The van der Waals surface area contributed by atoms with Crippen LogP contribution in [0.5, 0.6) is 0 Å². The zero-order valence-corrected chi connectivity index (χ0v) is 45.2. The van der Waals surface area contributed by atoms with Gasteiger partial charge in [-0.25, -0.2) is 0 Å². The Kier molecular flexibility index (Phi) is 15.8. The van der Waals surface area contributed by atoms with Gasteiger partial charge in [0.2, 0.25) is 0 Å². The molecule has 0 aliphatic rings. The Bertz CT molecular complexity index is 993. The molecular weight excluding hydrogens is 1670 g/mol. The molecule has 2 rings (SSSR count). The summed E-state index contributed by atoms with van der Waals surface area (Å²) in [5.74, 6) is 0. The summed E-state index contributed by atoms with van der Waals surface area (Å²) in [6, 6.07) is 8.11. The van der Waals surface area contributed by atoms with Crippen LogP contribution in [-0.2, 0) is 12.9 Å². The van der Waals surface area contributed by atoms with E-state index in [2.05, 4.69) is 292 Å². The van der Waals surface area contributed by atoms with Gasteiger partial charge in [-0.3, -0.25) is 0 Å². The van der Waals surface area contributed by atoms with E-state index in [1.165, 1.54) is 0 Å². The van der Waals surface area contributed by atoms with Crippen molar-refractivity contribution >= 4 is 298 Å². The lowest BCUT2D eigenvalue weighted by atomic mass is 10.0. The molecule has 0 heterocycles. The third-order valence-corrected chi connectivity index (χ3v) is 11.9. The minimum absolute atomic E-state index is 0.729. The van der Waals surface area contributed by atoms with Crippen LogP contribution in [-0.4, -0.2) is 0 Å². The monoisotopic (exact) mass is 1660 g/mol. The predicted molar refractivity (Wildman–Crippen MR) is 227 cm³/mol. The molecule has 208 valence electrons. The lowest BCUT2D eigenvalue weighted by Gasteiger charge is -2.31. The first-order chi connectivity index (χ1) is 16.1. The molecule has 0 spiro atoms. The van der Waals surface area contributed by atoms with Gasteiger partial charge in [0.1, 0.15) is 0 Å². The Morgan fingerprint density at radius 2 is 0.514 bits per heavy atom. The van der Waals surface area contributed by atoms with Crippen molar-refractivity contribution in [2.75, 3.05) is 5.32 Å². The minimum Gasteiger partial charge on any atom is -0.355 e. The van der Waals surface area contributed by atoms with E-state index in [0.29, 0.717) is 0 Å². The van der Waals surface area contributed by atoms with Crippen LogP contribution in [0.1, 0.15) is 33.4 Å². The number of alkyl halides is 18. The zero-order valence-electron chi connectivity index (χ0n) is 16.6. The second kappa shape index (κ2) is 14.6. The summed E-state index contributed by atoms with van der Waals surface area (Å²) in [6.07, 6.45) is 0. The van der Waals surface area contributed by atoms with Crippen LogP contribution < -0.4 is 5.32 Å². The first kappa shape index (κ1) is 40.1. The quantitative estimate of drug-likeness (QED) is 0.296. The van der Waals surface area contributed by atoms with E-state index in [-0.39, 0.29) is 0 Å². The number of hydrogen-bond acceptors (Lipinski definition) is 1. The van der Waals surface area contributed by atoms with Gasteiger partial charge in [0.05, 0.1) is 0 Å². The van der Waals surface area contributed by atoms with Gasteiger partial charge in [0.25, 0.3) is 0 Å². The Balaban J connectivity index is 2.94. The highest BCUT2D eigenvalue weighted by Crippen LogP contribution is 2.61. The van der Waals surface area contributed by atoms with Crippen molar-refractivity contribution in [3.63, 3.8) is 0 Å². The maximum absolute atomic E-state index is 3.70. The summed E-state index contributed by atoms with van der Waals surface area (Å²) in [6.45, 7) is 0. The van der Waals surface area contributed by atoms with E-state index >= 15 is 0 Å². The number of rotatable bonds is 2. The van der Waals surface area contributed by atoms with Crippen LogP contribution in [0.15, 0.2) is 24.3 Å². The number of halogens is 18. The summed E-state index contributed by atoms with van der Waals surface area (Å²) < 4.78 is -4.39. The smallest absolute Gasteiger partial charge is 0.160 e. The first-order valence-electron chi connectivity index (χ1n) is 8.71. The molecule has 1 nitrogen and oxygen atoms in total. The Morgan fingerprint density at radius 1 is 0.324 bits per heavy atom. The van der Waals surface area contributed by atoms with Gasteiger partial charge in [0.15, 0.2) is 12.9 Å². The van der Waals surface area contributed by atoms with Gasteiger partial charge in [-0.2, -0.15) is 0 Å². The molecule has 2 aromatic rings. The molecule has 0 bridgehead atoms. The Morgan fingerprint density at radius 3 is 0.649 bits per heavy atom. The third-order valence-electron chi connectivity index (χ3n) is 4.35. The van der Waals surface area contributed by atoms with Gasteiger partial charge in [-0.05, 0) is 46.5 Å². The van der Waals surface area contributed by atoms with Crippen LogP contribution in [0.3, 0.4) is 0 Å². The summed E-state index contributed by atoms with van der Waals surface area (Å²) in [5.41, 5.74) is 6.95. The Hall–Kier alpha value is 6.88. The molecule has 0 saturated heterocycles. The van der Waals surface area contributed by atoms with E-state index in [9.17, 15) is 0 Å². The van der Waals surface area contributed by atoms with Crippen LogP contribution in [0.25, 0.3) is 0 Å². The van der Waals surface area contributed by atoms with Crippen molar-refractivity contribution in [2.24, 2.45) is 0 Å². The minimum atomic E-state index is -0.733. The molecule has 37 heavy (non-hydrogen) atoms. The zero-order chi connectivity index (χ0) is 29.2. The molecule has 0 radical (unpaired) electrons. The maximum Gasteiger partial charge on any atom is 0.160 e. The van der Waals surface area contributed by atoms with Crippen LogP contribution >= 0.6 is 287 Å². The molecule has 0 fully saturated rings. The molecule has 19 heteroatoms. The van der Waals surface area contributed by atoms with E-state index in [4.69, 9.17) is 0 Å². The number of hydrogen-bond donors (Lipinski definition) is 1. The second-order valence-electron chi connectivity index (χ2n) is 7.00. The second-order valence-corrected chi connectivity index (χ2v) is 47.6. The molecule has 0 aliphatic carbocycles. The summed E-state index contributed by atoms with van der Waals surface area (Å²) in [5, 5.41) is 3.57. The first-order valence-corrected chi connectivity index (χ1v) is 23.0. The lowest BCUT2D eigenvalue weighted by molar-refractivity contribution is 1.15. The molecule has 0 saturated carbocycles. The highest BCUT2D eigenvalue weighted by Gasteiger charge is 2.41. The van der Waals surface area contributed by atoms with Crippen LogP contribution in [0.4, 0.5) is 11.4 Å². The van der Waals surface area contributed by atoms with Crippen molar-refractivity contribution in [2.45, 2.75) is 12.9 Å². The van der Waals surface area contributed by atoms with Crippen molar-refractivity contribution in [3.05, 3.63) is 57.6 Å². The fraction of sp³-hybridized carbons (Fsp3) is 0.333. The molecule has 2 aromatic carbocycles. The van der Waals surface area contributed by atoms with Crippen molar-refractivity contribution in [1.29, 1.82) is 0 Å². The number of nitrogens with one attached hydrogen (secondary N) is 1. The molecule has 0 unspecified atom stereocenters. The van der Waals surface area contributed by atoms with Gasteiger partial charge in [-0.15, -0.1) is 0 Å². The normalized spacial score (nSPS) is 14.2. The molecule has 0 aromatic heterocycles. The van der Waals surface area contributed by atoms with E-state index < -0.39 is 12.9 Å². The molecular formula is C18H5Br18N. The molecule has 0 amide bonds. The van der Waals surface area contributed by atoms with Crippen LogP contribution in [0, 0.1) is 0 Å². The molecule has 0 aliphatic heterocycles. The highest BCUT2D eigenvalue weighted by molar-refractivity contribution is 9.40. The van der Waals surface area contributed by atoms with Gasteiger partial charge < -0.3 is 5.32 Å². The average Bonchev–Trinajstić information content (AvgIpc) is 2.62. The molecule has 1 N–H and O–H groups in total. The fourth-order valence-electron chi connectivity index (χ4n) is 3.10. The average molecular weight is 1670 g/mol.